The minimum absolute atomic E-state index is 0.0241. The van der Waals surface area contributed by atoms with Crippen LogP contribution in [0, 0.1) is 6.92 Å². The summed E-state index contributed by atoms with van der Waals surface area (Å²) in [6.07, 6.45) is 0. The Labute approximate surface area is 205 Å². The summed E-state index contributed by atoms with van der Waals surface area (Å²) in [4.78, 5) is 39.8. The summed E-state index contributed by atoms with van der Waals surface area (Å²) in [6, 6.07) is 18.8. The number of aryl methyl sites for hydroxylation is 1. The molecule has 35 heavy (non-hydrogen) atoms. The van der Waals surface area contributed by atoms with Crippen molar-refractivity contribution >= 4 is 34.4 Å². The number of nitrogens with zero attached hydrogens (tertiary/aromatic N) is 1. The van der Waals surface area contributed by atoms with Crippen LogP contribution < -0.4 is 15.9 Å². The molecule has 1 aromatic heterocycles. The summed E-state index contributed by atoms with van der Waals surface area (Å²) in [5.41, 5.74) is 8.14. The van der Waals surface area contributed by atoms with E-state index in [9.17, 15) is 14.4 Å². The van der Waals surface area contributed by atoms with E-state index < -0.39 is 11.9 Å². The average Bonchev–Trinajstić information content (AvgIpc) is 3.11. The molecule has 1 aliphatic rings. The van der Waals surface area contributed by atoms with Gasteiger partial charge < -0.3 is 19.8 Å². The van der Waals surface area contributed by atoms with Gasteiger partial charge in [0.25, 0.3) is 11.8 Å². The molecule has 0 spiro atoms. The molecule has 5 rings (SSSR count). The summed E-state index contributed by atoms with van der Waals surface area (Å²) in [7, 11) is 0. The van der Waals surface area contributed by atoms with Crippen LogP contribution in [-0.4, -0.2) is 23.3 Å². The SMILES string of the molecule is Cc1ccc(CN2C(=O)c3oc4ccc(Cl)cc4c(=O)c3[C@@H]2c2ccc(OCC(N)=O)cc2)cc1. The van der Waals surface area contributed by atoms with Crippen molar-refractivity contribution in [3.63, 3.8) is 0 Å². The highest BCUT2D eigenvalue weighted by molar-refractivity contribution is 6.31. The first-order valence-corrected chi connectivity index (χ1v) is 11.3. The highest BCUT2D eigenvalue weighted by Crippen LogP contribution is 2.39. The van der Waals surface area contributed by atoms with E-state index in [0.717, 1.165) is 11.1 Å². The number of hydrogen-bond donors (Lipinski definition) is 1. The molecule has 1 aliphatic heterocycles. The molecule has 3 aromatic carbocycles. The largest absolute Gasteiger partial charge is 0.484 e. The van der Waals surface area contributed by atoms with Gasteiger partial charge in [0.2, 0.25) is 5.76 Å². The number of benzene rings is 3. The van der Waals surface area contributed by atoms with Gasteiger partial charge in [-0.3, -0.25) is 14.4 Å². The van der Waals surface area contributed by atoms with E-state index in [1.807, 2.05) is 31.2 Å². The van der Waals surface area contributed by atoms with Crippen molar-refractivity contribution in [2.75, 3.05) is 6.61 Å². The standard InChI is InChI=1S/C27H21ClN2O5/c1-15-2-4-16(5-3-15)13-30-24(17-6-9-19(10-7-17)34-14-22(29)31)23-25(32)20-12-18(28)8-11-21(20)35-26(23)27(30)33/h2-12,24H,13-14H2,1H3,(H2,29,31)/t24-/m0/s1. The molecule has 7 nitrogen and oxygen atoms in total. The van der Waals surface area contributed by atoms with Gasteiger partial charge in [-0.1, -0.05) is 53.6 Å². The third kappa shape index (κ3) is 4.26. The van der Waals surface area contributed by atoms with Crippen molar-refractivity contribution in [1.29, 1.82) is 0 Å². The van der Waals surface area contributed by atoms with Crippen LogP contribution in [0.4, 0.5) is 0 Å². The highest BCUT2D eigenvalue weighted by atomic mass is 35.5. The van der Waals surface area contributed by atoms with Gasteiger partial charge in [-0.2, -0.15) is 0 Å². The number of rotatable bonds is 6. The number of carbonyl (C=O) groups is 2. The van der Waals surface area contributed by atoms with Crippen LogP contribution in [0.15, 0.2) is 75.9 Å². The number of halogens is 1. The van der Waals surface area contributed by atoms with Gasteiger partial charge in [0.1, 0.15) is 11.3 Å². The first-order chi connectivity index (χ1) is 16.8. The average molecular weight is 489 g/mol. The predicted molar refractivity (Wildman–Crippen MR) is 132 cm³/mol. The molecule has 2 amide bonds. The van der Waals surface area contributed by atoms with Crippen LogP contribution in [-0.2, 0) is 11.3 Å². The molecule has 0 aliphatic carbocycles. The lowest BCUT2D eigenvalue weighted by Gasteiger charge is -2.25. The normalized spacial score (nSPS) is 14.9. The lowest BCUT2D eigenvalue weighted by Crippen LogP contribution is -2.29. The van der Waals surface area contributed by atoms with E-state index >= 15 is 0 Å². The zero-order chi connectivity index (χ0) is 24.7. The smallest absolute Gasteiger partial charge is 0.291 e. The van der Waals surface area contributed by atoms with Gasteiger partial charge >= 0.3 is 0 Å². The lowest BCUT2D eigenvalue weighted by molar-refractivity contribution is -0.119. The zero-order valence-corrected chi connectivity index (χ0v) is 19.5. The van der Waals surface area contributed by atoms with E-state index in [4.69, 9.17) is 26.5 Å². The fourth-order valence-electron chi connectivity index (χ4n) is 4.29. The van der Waals surface area contributed by atoms with Crippen LogP contribution >= 0.6 is 11.6 Å². The Morgan fingerprint density at radius 1 is 1.06 bits per heavy atom. The molecule has 0 bridgehead atoms. The van der Waals surface area contributed by atoms with Crippen LogP contribution in [0.25, 0.3) is 11.0 Å². The minimum Gasteiger partial charge on any atom is -0.484 e. The zero-order valence-electron chi connectivity index (χ0n) is 18.8. The first kappa shape index (κ1) is 22.7. The van der Waals surface area contributed by atoms with Crippen molar-refractivity contribution in [3.8, 4) is 5.75 Å². The Hall–Kier alpha value is -4.10. The Morgan fingerprint density at radius 3 is 2.46 bits per heavy atom. The molecule has 0 saturated carbocycles. The number of hydrogen-bond acceptors (Lipinski definition) is 5. The molecule has 0 fully saturated rings. The number of ether oxygens (including phenoxy) is 1. The highest BCUT2D eigenvalue weighted by Gasteiger charge is 2.42. The van der Waals surface area contributed by atoms with Crippen molar-refractivity contribution in [2.45, 2.75) is 19.5 Å². The maximum atomic E-state index is 13.6. The van der Waals surface area contributed by atoms with Gasteiger partial charge in [0.05, 0.1) is 17.0 Å². The Balaban J connectivity index is 1.63. The van der Waals surface area contributed by atoms with Crippen LogP contribution in [0.5, 0.6) is 5.75 Å². The number of nitrogens with two attached hydrogens (primary N) is 1. The molecule has 0 radical (unpaired) electrons. The predicted octanol–water partition coefficient (Wildman–Crippen LogP) is 4.36. The third-order valence-corrected chi connectivity index (χ3v) is 6.21. The molecule has 2 N–H and O–H groups in total. The number of carbonyl (C=O) groups excluding carboxylic acids is 2. The molecule has 8 heteroatoms. The fourth-order valence-corrected chi connectivity index (χ4v) is 4.47. The van der Waals surface area contributed by atoms with E-state index in [-0.39, 0.29) is 35.8 Å². The third-order valence-electron chi connectivity index (χ3n) is 5.98. The molecule has 2 heterocycles. The van der Waals surface area contributed by atoms with Crippen LogP contribution in [0.1, 0.15) is 38.9 Å². The molecule has 1 atom stereocenters. The molecule has 0 unspecified atom stereocenters. The molecular formula is C27H21ClN2O5. The van der Waals surface area contributed by atoms with Crippen molar-refractivity contribution in [3.05, 3.63) is 110 Å². The monoisotopic (exact) mass is 488 g/mol. The van der Waals surface area contributed by atoms with Gasteiger partial charge in [0, 0.05) is 11.6 Å². The first-order valence-electron chi connectivity index (χ1n) is 11.0. The Morgan fingerprint density at radius 2 is 1.77 bits per heavy atom. The van der Waals surface area contributed by atoms with E-state index in [1.165, 1.54) is 0 Å². The van der Waals surface area contributed by atoms with E-state index in [2.05, 4.69) is 0 Å². The van der Waals surface area contributed by atoms with Crippen molar-refractivity contribution in [2.24, 2.45) is 5.73 Å². The lowest BCUT2D eigenvalue weighted by atomic mass is 9.98. The summed E-state index contributed by atoms with van der Waals surface area (Å²) < 4.78 is 11.3. The second kappa shape index (κ2) is 8.92. The van der Waals surface area contributed by atoms with Gasteiger partial charge in [-0.05, 0) is 48.4 Å². The molecule has 4 aromatic rings. The summed E-state index contributed by atoms with van der Waals surface area (Å²) in [5, 5.41) is 0.714. The summed E-state index contributed by atoms with van der Waals surface area (Å²) in [5.74, 6) is -0.485. The Kier molecular flexibility index (Phi) is 5.78. The Bertz CT molecular complexity index is 1510. The second-order valence-corrected chi connectivity index (χ2v) is 8.90. The maximum absolute atomic E-state index is 13.6. The van der Waals surface area contributed by atoms with Crippen molar-refractivity contribution < 1.29 is 18.7 Å². The number of amides is 2. The van der Waals surface area contributed by atoms with Crippen molar-refractivity contribution in [1.82, 2.24) is 4.90 Å². The summed E-state index contributed by atoms with van der Waals surface area (Å²) >= 11 is 6.14. The molecular weight excluding hydrogens is 468 g/mol. The molecule has 0 saturated heterocycles. The summed E-state index contributed by atoms with van der Waals surface area (Å²) in [6.45, 7) is 2.02. The van der Waals surface area contributed by atoms with Gasteiger partial charge in [-0.25, -0.2) is 0 Å². The van der Waals surface area contributed by atoms with E-state index in [1.54, 1.807) is 47.4 Å². The second-order valence-electron chi connectivity index (χ2n) is 8.46. The maximum Gasteiger partial charge on any atom is 0.291 e. The van der Waals surface area contributed by atoms with Crippen LogP contribution in [0.3, 0.4) is 0 Å². The number of primary amides is 1. The fraction of sp³-hybridized carbons (Fsp3) is 0.148. The minimum atomic E-state index is -0.677. The topological polar surface area (TPSA) is 103 Å². The van der Waals surface area contributed by atoms with E-state index in [0.29, 0.717) is 27.3 Å². The number of fused-ring (bicyclic) bond motifs is 2. The van der Waals surface area contributed by atoms with Crippen LogP contribution in [0.2, 0.25) is 5.02 Å². The quantitative estimate of drug-likeness (QED) is 0.434. The van der Waals surface area contributed by atoms with Gasteiger partial charge in [-0.15, -0.1) is 0 Å². The molecule has 176 valence electrons. The van der Waals surface area contributed by atoms with Gasteiger partial charge in [0.15, 0.2) is 12.0 Å².